The van der Waals surface area contributed by atoms with E-state index in [-0.39, 0.29) is 18.9 Å². The first-order valence-corrected chi connectivity index (χ1v) is 30.9. The zero-order valence-electron chi connectivity index (χ0n) is 47.7. The van der Waals surface area contributed by atoms with E-state index in [0.29, 0.717) is 12.8 Å². The Morgan fingerprint density at radius 2 is 0.855 bits per heavy atom. The summed E-state index contributed by atoms with van der Waals surface area (Å²) >= 11 is 0. The standard InChI is InChI=1S/C62H113NO13/c1-3-5-7-9-11-13-15-16-17-18-19-20-21-22-23-24-25-26-27-28-29-30-31-32-33-34-36-37-39-41-43-45-51(66)50(63-54(67)46-44-42-40-38-35-14-12-10-8-6-4-2)49-73-61-59(72)57(70)60(53(48-65)75-61)76-62-58(71)56(69)55(68)52(47-64)74-62/h10,12,31-32,36-37,43,45,50-53,55-62,64-66,68-72H,3-9,11,13-30,33-35,38-42,44,46-49H2,1-2H3,(H,63,67)/b12-10-,32-31+,37-36+,45-43+. The molecule has 0 radical (unpaired) electrons. The molecule has 2 fully saturated rings. The van der Waals surface area contributed by atoms with Crippen molar-refractivity contribution < 1.29 is 64.6 Å². The van der Waals surface area contributed by atoms with Crippen molar-refractivity contribution in [2.75, 3.05) is 19.8 Å². The van der Waals surface area contributed by atoms with Crippen molar-refractivity contribution in [3.63, 3.8) is 0 Å². The van der Waals surface area contributed by atoms with Gasteiger partial charge in [-0.15, -0.1) is 0 Å². The molecule has 0 spiro atoms. The molecule has 0 aromatic carbocycles. The second kappa shape index (κ2) is 47.7. The lowest BCUT2D eigenvalue weighted by molar-refractivity contribution is -0.359. The zero-order valence-corrected chi connectivity index (χ0v) is 47.7. The molecule has 444 valence electrons. The first-order valence-electron chi connectivity index (χ1n) is 30.9. The maximum absolute atomic E-state index is 13.2. The summed E-state index contributed by atoms with van der Waals surface area (Å²) in [5, 5.41) is 86.9. The van der Waals surface area contributed by atoms with Crippen LogP contribution in [0.4, 0.5) is 0 Å². The van der Waals surface area contributed by atoms with Crippen molar-refractivity contribution in [3.8, 4) is 0 Å². The van der Waals surface area contributed by atoms with Crippen LogP contribution in [0, 0.1) is 0 Å². The van der Waals surface area contributed by atoms with Gasteiger partial charge in [-0.3, -0.25) is 4.79 Å². The topological polar surface area (TPSA) is 228 Å². The minimum atomic E-state index is -1.79. The fourth-order valence-electron chi connectivity index (χ4n) is 9.95. The Hall–Kier alpha value is -2.05. The molecule has 2 aliphatic heterocycles. The predicted molar refractivity (Wildman–Crippen MR) is 304 cm³/mol. The largest absolute Gasteiger partial charge is 0.394 e. The van der Waals surface area contributed by atoms with Gasteiger partial charge in [0.25, 0.3) is 0 Å². The van der Waals surface area contributed by atoms with Crippen molar-refractivity contribution in [2.24, 2.45) is 0 Å². The van der Waals surface area contributed by atoms with Gasteiger partial charge in [-0.1, -0.05) is 223 Å². The first-order chi connectivity index (χ1) is 37.1. The number of hydrogen-bond donors (Lipinski definition) is 9. The van der Waals surface area contributed by atoms with Gasteiger partial charge in [0.15, 0.2) is 12.6 Å². The molecule has 14 heteroatoms. The van der Waals surface area contributed by atoms with E-state index in [1.807, 2.05) is 6.08 Å². The molecule has 12 unspecified atom stereocenters. The Balaban J connectivity index is 1.69. The number of carbonyl (C=O) groups is 1. The van der Waals surface area contributed by atoms with E-state index in [1.165, 1.54) is 148 Å². The smallest absolute Gasteiger partial charge is 0.220 e. The van der Waals surface area contributed by atoms with Crippen molar-refractivity contribution in [2.45, 2.75) is 319 Å². The quantitative estimate of drug-likeness (QED) is 0.0204. The van der Waals surface area contributed by atoms with E-state index in [0.717, 1.165) is 64.2 Å². The Labute approximate surface area is 461 Å². The highest BCUT2D eigenvalue weighted by molar-refractivity contribution is 5.76. The summed E-state index contributed by atoms with van der Waals surface area (Å²) in [5.74, 6) is -0.265. The average molecular weight is 1080 g/mol. The Morgan fingerprint density at radius 1 is 0.461 bits per heavy atom. The van der Waals surface area contributed by atoms with E-state index < -0.39 is 86.8 Å². The Bertz CT molecular complexity index is 1460. The molecule has 12 atom stereocenters. The third-order valence-electron chi connectivity index (χ3n) is 15.0. The van der Waals surface area contributed by atoms with Gasteiger partial charge >= 0.3 is 0 Å². The molecule has 9 N–H and O–H groups in total. The van der Waals surface area contributed by atoms with Gasteiger partial charge in [-0.05, 0) is 64.2 Å². The zero-order chi connectivity index (χ0) is 55.3. The van der Waals surface area contributed by atoms with E-state index >= 15 is 0 Å². The number of carbonyl (C=O) groups excluding carboxylic acids is 1. The van der Waals surface area contributed by atoms with Crippen LogP contribution in [0.5, 0.6) is 0 Å². The monoisotopic (exact) mass is 1080 g/mol. The number of ether oxygens (including phenoxy) is 4. The van der Waals surface area contributed by atoms with Crippen molar-refractivity contribution in [1.29, 1.82) is 0 Å². The average Bonchev–Trinajstić information content (AvgIpc) is 3.42. The fraction of sp³-hybridized carbons (Fsp3) is 0.855. The van der Waals surface area contributed by atoms with Gasteiger partial charge in [0.1, 0.15) is 48.8 Å². The van der Waals surface area contributed by atoms with Crippen molar-refractivity contribution in [3.05, 3.63) is 48.6 Å². The second-order valence-corrected chi connectivity index (χ2v) is 21.8. The Kier molecular flexibility index (Phi) is 44.0. The van der Waals surface area contributed by atoms with E-state index in [1.54, 1.807) is 6.08 Å². The minimum Gasteiger partial charge on any atom is -0.394 e. The van der Waals surface area contributed by atoms with Gasteiger partial charge in [0.2, 0.25) is 5.91 Å². The summed E-state index contributed by atoms with van der Waals surface area (Å²) in [7, 11) is 0. The summed E-state index contributed by atoms with van der Waals surface area (Å²) < 4.78 is 22.7. The van der Waals surface area contributed by atoms with E-state index in [9.17, 15) is 45.6 Å². The second-order valence-electron chi connectivity index (χ2n) is 21.8. The summed E-state index contributed by atoms with van der Waals surface area (Å²) in [5.41, 5.74) is 0. The van der Waals surface area contributed by atoms with Crippen LogP contribution >= 0.6 is 0 Å². The van der Waals surface area contributed by atoms with Gasteiger partial charge in [0.05, 0.1) is 32.0 Å². The number of hydrogen-bond acceptors (Lipinski definition) is 13. The molecule has 2 saturated heterocycles. The fourth-order valence-corrected chi connectivity index (χ4v) is 9.95. The Morgan fingerprint density at radius 3 is 1.33 bits per heavy atom. The molecule has 0 aromatic rings. The maximum atomic E-state index is 13.2. The summed E-state index contributed by atoms with van der Waals surface area (Å²) in [6.07, 6.45) is 43.4. The summed E-state index contributed by atoms with van der Waals surface area (Å²) in [6, 6.07) is -0.942. The molecule has 0 aliphatic carbocycles. The molecule has 0 saturated carbocycles. The molecular weight excluding hydrogens is 967 g/mol. The van der Waals surface area contributed by atoms with Crippen LogP contribution in [0.2, 0.25) is 0 Å². The lowest BCUT2D eigenvalue weighted by Gasteiger charge is -2.46. The highest BCUT2D eigenvalue weighted by Crippen LogP contribution is 2.30. The van der Waals surface area contributed by atoms with Crippen LogP contribution in [0.25, 0.3) is 0 Å². The lowest BCUT2D eigenvalue weighted by atomic mass is 9.97. The van der Waals surface area contributed by atoms with Crippen LogP contribution in [0.1, 0.15) is 245 Å². The maximum Gasteiger partial charge on any atom is 0.220 e. The molecular formula is C62H113NO13. The molecule has 2 heterocycles. The number of aliphatic hydroxyl groups excluding tert-OH is 8. The third kappa shape index (κ3) is 32.9. The van der Waals surface area contributed by atoms with Gasteiger partial charge in [0, 0.05) is 6.42 Å². The number of amides is 1. The highest BCUT2D eigenvalue weighted by atomic mass is 16.7. The number of aliphatic hydroxyl groups is 8. The number of allylic oxidation sites excluding steroid dienone is 7. The molecule has 14 nitrogen and oxygen atoms in total. The molecule has 2 aliphatic rings. The first kappa shape index (κ1) is 70.1. The van der Waals surface area contributed by atoms with E-state index in [4.69, 9.17) is 18.9 Å². The number of unbranched alkanes of at least 4 members (excludes halogenated alkanes) is 30. The normalized spacial score (nSPS) is 25.2. The third-order valence-corrected chi connectivity index (χ3v) is 15.0. The van der Waals surface area contributed by atoms with Crippen LogP contribution in [-0.4, -0.2) is 140 Å². The van der Waals surface area contributed by atoms with Crippen LogP contribution < -0.4 is 5.32 Å². The summed E-state index contributed by atoms with van der Waals surface area (Å²) in [4.78, 5) is 13.2. The lowest BCUT2D eigenvalue weighted by Crippen LogP contribution is -2.65. The van der Waals surface area contributed by atoms with Crippen molar-refractivity contribution in [1.82, 2.24) is 5.32 Å². The van der Waals surface area contributed by atoms with E-state index in [2.05, 4.69) is 55.6 Å². The van der Waals surface area contributed by atoms with Gasteiger partial charge in [-0.25, -0.2) is 0 Å². The van der Waals surface area contributed by atoms with Crippen LogP contribution in [0.3, 0.4) is 0 Å². The minimum absolute atomic E-state index is 0.258. The van der Waals surface area contributed by atoms with Crippen LogP contribution in [-0.2, 0) is 23.7 Å². The molecule has 1 amide bonds. The number of rotatable bonds is 49. The molecule has 76 heavy (non-hydrogen) atoms. The predicted octanol–water partition coefficient (Wildman–Crippen LogP) is 10.8. The van der Waals surface area contributed by atoms with Gasteiger partial charge < -0.3 is 65.1 Å². The van der Waals surface area contributed by atoms with Gasteiger partial charge in [-0.2, -0.15) is 0 Å². The molecule has 0 bridgehead atoms. The highest BCUT2D eigenvalue weighted by Gasteiger charge is 2.51. The summed E-state index contributed by atoms with van der Waals surface area (Å²) in [6.45, 7) is 2.73. The molecule has 0 aromatic heterocycles. The SMILES string of the molecule is CCCC/C=C\CCCCCCCC(=O)NC(COC1OC(CO)C(OC2OC(CO)C(O)C(O)C2O)C(O)C1O)C(O)/C=C/CC/C=C/CC/C=C/CCCCCCCCCCCCCCCCCCCCCCC. The number of nitrogens with one attached hydrogen (secondary N) is 1. The van der Waals surface area contributed by atoms with Crippen LogP contribution in [0.15, 0.2) is 48.6 Å². The van der Waals surface area contributed by atoms with Crippen molar-refractivity contribution >= 4 is 5.91 Å². The molecule has 2 rings (SSSR count).